The third-order valence-electron chi connectivity index (χ3n) is 0.407. The van der Waals surface area contributed by atoms with Crippen LogP contribution in [0.5, 0.6) is 0 Å². The van der Waals surface area contributed by atoms with Gasteiger partial charge in [-0.1, -0.05) is 6.92 Å². The van der Waals surface area contributed by atoms with Crippen LogP contribution in [-0.2, 0) is 23.4 Å². The summed E-state index contributed by atoms with van der Waals surface area (Å²) in [6.45, 7) is 1.98. The Balaban J connectivity index is 0. The van der Waals surface area contributed by atoms with Gasteiger partial charge in [0.2, 0.25) is 0 Å². The van der Waals surface area contributed by atoms with Gasteiger partial charge in [0.25, 0.3) is 0 Å². The molecule has 0 saturated carbocycles. The van der Waals surface area contributed by atoms with Crippen molar-refractivity contribution in [3.8, 4) is 0 Å². The van der Waals surface area contributed by atoms with Crippen molar-refractivity contribution in [2.24, 2.45) is 0 Å². The maximum atomic E-state index is 9.40. The minimum absolute atomic E-state index is 0. The van der Waals surface area contributed by atoms with Crippen LogP contribution in [0.25, 0.3) is 0 Å². The zero-order valence-electron chi connectivity index (χ0n) is 3.85. The zero-order chi connectivity index (χ0) is 4.12. The van der Waals surface area contributed by atoms with Gasteiger partial charge >= 0.3 is 0 Å². The second kappa shape index (κ2) is 8.98. The van der Waals surface area contributed by atoms with Gasteiger partial charge in [0.1, 0.15) is 6.29 Å². The monoisotopic (exact) mass is 123 g/mol. The van der Waals surface area contributed by atoms with Crippen molar-refractivity contribution < 1.29 is 23.4 Å². The Kier molecular flexibility index (Phi) is 14.3. The Morgan fingerprint density at radius 1 is 1.67 bits per heavy atom. The van der Waals surface area contributed by atoms with Crippen LogP contribution in [0.3, 0.4) is 0 Å². The van der Waals surface area contributed by atoms with Gasteiger partial charge in [-0.3, -0.25) is 0 Å². The standard InChI is InChI=1S/C4H8O.V/c1-2-3-4-5;/h4H,2-3H2,1H3;. The molecule has 0 N–H and O–H groups in total. The molecule has 0 saturated heterocycles. The SMILES string of the molecule is CCCC=O.[V]. The van der Waals surface area contributed by atoms with Gasteiger partial charge in [-0.15, -0.1) is 0 Å². The number of hydrogen-bond donors (Lipinski definition) is 0. The van der Waals surface area contributed by atoms with E-state index in [2.05, 4.69) is 0 Å². The first-order valence-corrected chi connectivity index (χ1v) is 1.85. The molecule has 0 spiro atoms. The molecular formula is C4H8OV. The third-order valence-corrected chi connectivity index (χ3v) is 0.407. The maximum absolute atomic E-state index is 9.40. The minimum Gasteiger partial charge on any atom is -0.303 e. The molecule has 6 heavy (non-hydrogen) atoms. The molecule has 0 bridgehead atoms. The molecule has 0 aromatic rings. The van der Waals surface area contributed by atoms with E-state index in [0.717, 1.165) is 12.7 Å². The molecule has 2 heteroatoms. The fourth-order valence-electron chi connectivity index (χ4n) is 0.118. The van der Waals surface area contributed by atoms with Gasteiger partial charge < -0.3 is 4.79 Å². The summed E-state index contributed by atoms with van der Waals surface area (Å²) >= 11 is 0. The van der Waals surface area contributed by atoms with Crippen LogP contribution in [0.2, 0.25) is 0 Å². The van der Waals surface area contributed by atoms with E-state index >= 15 is 0 Å². The molecule has 0 aliphatic carbocycles. The molecule has 0 aromatic carbocycles. The molecule has 0 unspecified atom stereocenters. The average Bonchev–Trinajstić information content (AvgIpc) is 1.41. The van der Waals surface area contributed by atoms with E-state index in [1.165, 1.54) is 0 Å². The Labute approximate surface area is 50.0 Å². The van der Waals surface area contributed by atoms with Crippen LogP contribution in [0, 0.1) is 0 Å². The Morgan fingerprint density at radius 2 is 2.17 bits per heavy atom. The van der Waals surface area contributed by atoms with Gasteiger partial charge in [-0.05, 0) is 6.42 Å². The van der Waals surface area contributed by atoms with Gasteiger partial charge in [0.15, 0.2) is 0 Å². The number of carbonyl (C=O) groups excluding carboxylic acids is 1. The third kappa shape index (κ3) is 8.87. The van der Waals surface area contributed by atoms with Gasteiger partial charge in [0.05, 0.1) is 0 Å². The van der Waals surface area contributed by atoms with E-state index in [4.69, 9.17) is 0 Å². The number of hydrogen-bond acceptors (Lipinski definition) is 1. The van der Waals surface area contributed by atoms with Crippen molar-refractivity contribution in [1.29, 1.82) is 0 Å². The predicted octanol–water partition coefficient (Wildman–Crippen LogP) is 0.983. The molecule has 0 rings (SSSR count). The Bertz CT molecular complexity index is 28.7. The van der Waals surface area contributed by atoms with Crippen LogP contribution < -0.4 is 0 Å². The quantitative estimate of drug-likeness (QED) is 0.500. The van der Waals surface area contributed by atoms with Crippen molar-refractivity contribution >= 4 is 6.29 Å². The van der Waals surface area contributed by atoms with Gasteiger partial charge in [0, 0.05) is 25.0 Å². The Hall–Kier alpha value is 0.254. The molecule has 0 fully saturated rings. The molecule has 0 heterocycles. The molecule has 0 amide bonds. The first-order chi connectivity index (χ1) is 2.41. The first-order valence-electron chi connectivity index (χ1n) is 1.85. The maximum Gasteiger partial charge on any atom is 0.119 e. The summed E-state index contributed by atoms with van der Waals surface area (Å²) in [5.74, 6) is 0. The van der Waals surface area contributed by atoms with E-state index in [1.807, 2.05) is 6.92 Å². The molecule has 1 radical (unpaired) electrons. The number of unbranched alkanes of at least 4 members (excludes halogenated alkanes) is 1. The van der Waals surface area contributed by atoms with Crippen LogP contribution in [-0.4, -0.2) is 6.29 Å². The molecule has 0 aliphatic heterocycles. The Morgan fingerprint density at radius 3 is 2.17 bits per heavy atom. The predicted molar refractivity (Wildman–Crippen MR) is 21.0 cm³/mol. The molecule has 0 atom stereocenters. The zero-order valence-corrected chi connectivity index (χ0v) is 5.24. The van der Waals surface area contributed by atoms with Crippen LogP contribution >= 0.6 is 0 Å². The van der Waals surface area contributed by atoms with Crippen molar-refractivity contribution in [3.05, 3.63) is 0 Å². The van der Waals surface area contributed by atoms with Gasteiger partial charge in [-0.2, -0.15) is 0 Å². The van der Waals surface area contributed by atoms with Crippen molar-refractivity contribution in [2.75, 3.05) is 0 Å². The second-order valence-corrected chi connectivity index (χ2v) is 0.955. The molecular weight excluding hydrogens is 115 g/mol. The summed E-state index contributed by atoms with van der Waals surface area (Å²) in [7, 11) is 0. The van der Waals surface area contributed by atoms with Gasteiger partial charge in [-0.25, -0.2) is 0 Å². The first kappa shape index (κ1) is 9.54. The summed E-state index contributed by atoms with van der Waals surface area (Å²) in [5, 5.41) is 0. The van der Waals surface area contributed by atoms with E-state index in [9.17, 15) is 4.79 Å². The molecule has 0 aliphatic rings. The minimum atomic E-state index is 0. The fraction of sp³-hybridized carbons (Fsp3) is 0.750. The smallest absolute Gasteiger partial charge is 0.119 e. The largest absolute Gasteiger partial charge is 0.303 e. The fourth-order valence-corrected chi connectivity index (χ4v) is 0.118. The summed E-state index contributed by atoms with van der Waals surface area (Å²) in [5.41, 5.74) is 0. The van der Waals surface area contributed by atoms with Crippen molar-refractivity contribution in [3.63, 3.8) is 0 Å². The van der Waals surface area contributed by atoms with Crippen LogP contribution in [0.15, 0.2) is 0 Å². The number of carbonyl (C=O) groups is 1. The van der Waals surface area contributed by atoms with E-state index < -0.39 is 0 Å². The molecule has 0 aromatic heterocycles. The topological polar surface area (TPSA) is 17.1 Å². The van der Waals surface area contributed by atoms with Crippen molar-refractivity contribution in [2.45, 2.75) is 19.8 Å². The summed E-state index contributed by atoms with van der Waals surface area (Å²) in [6.07, 6.45) is 2.61. The van der Waals surface area contributed by atoms with E-state index in [-0.39, 0.29) is 18.6 Å². The summed E-state index contributed by atoms with van der Waals surface area (Å²) in [4.78, 5) is 9.40. The number of aldehydes is 1. The normalized spacial score (nSPS) is 6.17. The van der Waals surface area contributed by atoms with Crippen molar-refractivity contribution in [1.82, 2.24) is 0 Å². The second-order valence-electron chi connectivity index (χ2n) is 0.955. The van der Waals surface area contributed by atoms with Crippen LogP contribution in [0.1, 0.15) is 19.8 Å². The summed E-state index contributed by atoms with van der Waals surface area (Å²) in [6, 6.07) is 0. The molecule has 35 valence electrons. The molecule has 1 nitrogen and oxygen atoms in total. The van der Waals surface area contributed by atoms with E-state index in [1.54, 1.807) is 0 Å². The van der Waals surface area contributed by atoms with Crippen LogP contribution in [0.4, 0.5) is 0 Å². The van der Waals surface area contributed by atoms with E-state index in [0.29, 0.717) is 6.42 Å². The number of rotatable bonds is 2. The average molecular weight is 123 g/mol. The summed E-state index contributed by atoms with van der Waals surface area (Å²) < 4.78 is 0.